The SMILES string of the molecule is COc1ccc(C(=O)N2CCN=C2SCc2ccccc2)cc1. The number of rotatable bonds is 4. The lowest BCUT2D eigenvalue weighted by Gasteiger charge is -2.18. The van der Waals surface area contributed by atoms with Gasteiger partial charge in [0.15, 0.2) is 5.17 Å². The van der Waals surface area contributed by atoms with Crippen molar-refractivity contribution in [3.63, 3.8) is 0 Å². The van der Waals surface area contributed by atoms with Gasteiger partial charge in [-0.05, 0) is 29.8 Å². The van der Waals surface area contributed by atoms with E-state index in [9.17, 15) is 4.79 Å². The minimum atomic E-state index is -0.00975. The number of aliphatic imine (C=N–C) groups is 1. The number of ether oxygens (including phenoxy) is 1. The van der Waals surface area contributed by atoms with Gasteiger partial charge in [0.25, 0.3) is 5.91 Å². The maximum atomic E-state index is 12.7. The summed E-state index contributed by atoms with van der Waals surface area (Å²) in [6.45, 7) is 1.31. The fourth-order valence-electron chi connectivity index (χ4n) is 2.35. The zero-order chi connectivity index (χ0) is 16.1. The van der Waals surface area contributed by atoms with Crippen LogP contribution in [0, 0.1) is 0 Å². The van der Waals surface area contributed by atoms with Crippen molar-refractivity contribution in [2.24, 2.45) is 4.99 Å². The number of nitrogens with zero attached hydrogens (tertiary/aromatic N) is 2. The Bertz CT molecular complexity index is 699. The summed E-state index contributed by atoms with van der Waals surface area (Å²) in [5.41, 5.74) is 1.88. The highest BCUT2D eigenvalue weighted by molar-refractivity contribution is 8.13. The second kappa shape index (κ2) is 7.33. The van der Waals surface area contributed by atoms with Crippen LogP contribution in [0.1, 0.15) is 15.9 Å². The normalized spacial score (nSPS) is 13.8. The van der Waals surface area contributed by atoms with Gasteiger partial charge in [-0.3, -0.25) is 14.7 Å². The van der Waals surface area contributed by atoms with Crippen molar-refractivity contribution in [2.45, 2.75) is 5.75 Å². The van der Waals surface area contributed by atoms with Crippen molar-refractivity contribution in [1.82, 2.24) is 4.90 Å². The van der Waals surface area contributed by atoms with Gasteiger partial charge >= 0.3 is 0 Å². The third-order valence-electron chi connectivity index (χ3n) is 3.59. The molecule has 0 radical (unpaired) electrons. The molecule has 0 N–H and O–H groups in total. The van der Waals surface area contributed by atoms with E-state index in [1.54, 1.807) is 48.0 Å². The first-order chi connectivity index (χ1) is 11.3. The van der Waals surface area contributed by atoms with Crippen molar-refractivity contribution in [3.8, 4) is 5.75 Å². The molecule has 0 unspecified atom stereocenters. The van der Waals surface area contributed by atoms with E-state index in [-0.39, 0.29) is 5.91 Å². The first kappa shape index (κ1) is 15.6. The smallest absolute Gasteiger partial charge is 0.259 e. The Morgan fingerprint density at radius 3 is 2.61 bits per heavy atom. The van der Waals surface area contributed by atoms with E-state index in [0.717, 1.165) is 16.7 Å². The van der Waals surface area contributed by atoms with Gasteiger partial charge in [0.2, 0.25) is 0 Å². The van der Waals surface area contributed by atoms with Crippen LogP contribution in [0.25, 0.3) is 0 Å². The largest absolute Gasteiger partial charge is 0.497 e. The summed E-state index contributed by atoms with van der Waals surface area (Å²) in [5.74, 6) is 1.55. The second-order valence-corrected chi connectivity index (χ2v) is 6.07. The fourth-order valence-corrected chi connectivity index (χ4v) is 3.35. The molecule has 0 aliphatic carbocycles. The Morgan fingerprint density at radius 2 is 1.91 bits per heavy atom. The van der Waals surface area contributed by atoms with Crippen molar-refractivity contribution in [2.75, 3.05) is 20.2 Å². The van der Waals surface area contributed by atoms with Crippen LogP contribution in [0.5, 0.6) is 5.75 Å². The maximum absolute atomic E-state index is 12.7. The van der Waals surface area contributed by atoms with Crippen LogP contribution in [0.3, 0.4) is 0 Å². The minimum absolute atomic E-state index is 0.00975. The van der Waals surface area contributed by atoms with Gasteiger partial charge in [0.05, 0.1) is 13.7 Å². The van der Waals surface area contributed by atoms with E-state index in [1.165, 1.54) is 5.56 Å². The Kier molecular flexibility index (Phi) is 4.98. The highest BCUT2D eigenvalue weighted by Gasteiger charge is 2.25. The Labute approximate surface area is 140 Å². The van der Waals surface area contributed by atoms with Gasteiger partial charge in [0.1, 0.15) is 5.75 Å². The topological polar surface area (TPSA) is 41.9 Å². The van der Waals surface area contributed by atoms with Crippen LogP contribution in [-0.4, -0.2) is 36.2 Å². The third kappa shape index (κ3) is 3.74. The van der Waals surface area contributed by atoms with Crippen molar-refractivity contribution < 1.29 is 9.53 Å². The van der Waals surface area contributed by atoms with E-state index in [0.29, 0.717) is 18.7 Å². The first-order valence-electron chi connectivity index (χ1n) is 7.45. The quantitative estimate of drug-likeness (QED) is 0.864. The lowest BCUT2D eigenvalue weighted by molar-refractivity contribution is 0.0860. The summed E-state index contributed by atoms with van der Waals surface area (Å²) in [7, 11) is 1.61. The highest BCUT2D eigenvalue weighted by atomic mass is 32.2. The molecule has 23 heavy (non-hydrogen) atoms. The zero-order valence-corrected chi connectivity index (χ0v) is 13.8. The molecular weight excluding hydrogens is 308 g/mol. The van der Waals surface area contributed by atoms with E-state index < -0.39 is 0 Å². The van der Waals surface area contributed by atoms with Crippen molar-refractivity contribution in [3.05, 3.63) is 65.7 Å². The molecule has 4 nitrogen and oxygen atoms in total. The molecular formula is C18H18N2O2S. The standard InChI is InChI=1S/C18H18N2O2S/c1-22-16-9-7-15(8-10-16)17(21)20-12-11-19-18(20)23-13-14-5-3-2-4-6-14/h2-10H,11-13H2,1H3. The average molecular weight is 326 g/mol. The Morgan fingerprint density at radius 1 is 1.17 bits per heavy atom. The molecule has 0 saturated heterocycles. The van der Waals surface area contributed by atoms with Crippen LogP contribution in [0.4, 0.5) is 0 Å². The molecule has 5 heteroatoms. The molecule has 1 aliphatic rings. The summed E-state index contributed by atoms with van der Waals surface area (Å²) in [5, 5.41) is 0.801. The average Bonchev–Trinajstić information content (AvgIpc) is 3.09. The molecule has 2 aromatic carbocycles. The maximum Gasteiger partial charge on any atom is 0.259 e. The number of hydrogen-bond acceptors (Lipinski definition) is 4. The van der Waals surface area contributed by atoms with E-state index in [2.05, 4.69) is 17.1 Å². The molecule has 1 amide bonds. The number of hydrogen-bond donors (Lipinski definition) is 0. The van der Waals surface area contributed by atoms with Crippen LogP contribution in [0.15, 0.2) is 59.6 Å². The van der Waals surface area contributed by atoms with Gasteiger partial charge in [-0.2, -0.15) is 0 Å². The predicted octanol–water partition coefficient (Wildman–Crippen LogP) is 3.44. The number of thioether (sulfide) groups is 1. The minimum Gasteiger partial charge on any atom is -0.497 e. The monoisotopic (exact) mass is 326 g/mol. The lowest BCUT2D eigenvalue weighted by atomic mass is 10.2. The highest BCUT2D eigenvalue weighted by Crippen LogP contribution is 2.22. The van der Waals surface area contributed by atoms with Gasteiger partial charge in [-0.1, -0.05) is 42.1 Å². The van der Waals surface area contributed by atoms with E-state index in [4.69, 9.17) is 4.74 Å². The number of carbonyl (C=O) groups is 1. The zero-order valence-electron chi connectivity index (χ0n) is 12.9. The predicted molar refractivity (Wildman–Crippen MR) is 94.1 cm³/mol. The summed E-state index contributed by atoms with van der Waals surface area (Å²) in [6, 6.07) is 17.4. The van der Waals surface area contributed by atoms with Gasteiger partial charge in [-0.25, -0.2) is 0 Å². The van der Waals surface area contributed by atoms with E-state index >= 15 is 0 Å². The Balaban J connectivity index is 1.66. The van der Waals surface area contributed by atoms with Crippen LogP contribution < -0.4 is 4.74 Å². The second-order valence-electron chi connectivity index (χ2n) is 5.12. The molecule has 0 atom stereocenters. The van der Waals surface area contributed by atoms with E-state index in [1.807, 2.05) is 18.2 Å². The third-order valence-corrected chi connectivity index (χ3v) is 4.68. The van der Waals surface area contributed by atoms with Crippen molar-refractivity contribution >= 4 is 22.8 Å². The number of amides is 1. The number of amidine groups is 1. The van der Waals surface area contributed by atoms with Gasteiger partial charge in [-0.15, -0.1) is 0 Å². The summed E-state index contributed by atoms with van der Waals surface area (Å²) in [4.78, 5) is 18.9. The molecule has 0 fully saturated rings. The summed E-state index contributed by atoms with van der Waals surface area (Å²) >= 11 is 1.61. The molecule has 0 aromatic heterocycles. The number of benzene rings is 2. The molecule has 118 valence electrons. The Hall–Kier alpha value is -2.27. The summed E-state index contributed by atoms with van der Waals surface area (Å²) < 4.78 is 5.13. The molecule has 0 spiro atoms. The molecule has 0 bridgehead atoms. The molecule has 1 heterocycles. The van der Waals surface area contributed by atoms with Crippen LogP contribution >= 0.6 is 11.8 Å². The lowest BCUT2D eigenvalue weighted by Crippen LogP contribution is -2.32. The molecule has 0 saturated carbocycles. The van der Waals surface area contributed by atoms with Crippen LogP contribution in [-0.2, 0) is 5.75 Å². The number of methoxy groups -OCH3 is 1. The fraction of sp³-hybridized carbons (Fsp3) is 0.222. The van der Waals surface area contributed by atoms with Crippen molar-refractivity contribution in [1.29, 1.82) is 0 Å². The first-order valence-corrected chi connectivity index (χ1v) is 8.43. The molecule has 3 rings (SSSR count). The molecule has 2 aromatic rings. The number of carbonyl (C=O) groups excluding carboxylic acids is 1. The summed E-state index contributed by atoms with van der Waals surface area (Å²) in [6.07, 6.45) is 0. The van der Waals surface area contributed by atoms with Crippen LogP contribution in [0.2, 0.25) is 0 Å². The van der Waals surface area contributed by atoms with Gasteiger partial charge in [0, 0.05) is 17.9 Å². The van der Waals surface area contributed by atoms with Gasteiger partial charge < -0.3 is 4.74 Å². The molecule has 1 aliphatic heterocycles.